The molecule has 1 atom stereocenters. The van der Waals surface area contributed by atoms with Gasteiger partial charge in [-0.15, -0.1) is 0 Å². The Hall–Kier alpha value is -1.52. The molecule has 1 amide bonds. The molecule has 110 valence electrons. The molecule has 0 radical (unpaired) electrons. The molecule has 1 unspecified atom stereocenters. The summed E-state index contributed by atoms with van der Waals surface area (Å²) < 4.78 is 39.1. The number of amides is 1. The summed E-state index contributed by atoms with van der Waals surface area (Å²) in [6, 6.07) is 5.59. The van der Waals surface area contributed by atoms with Crippen molar-refractivity contribution in [3.05, 3.63) is 35.4 Å². The molecule has 1 saturated heterocycles. The van der Waals surface area contributed by atoms with E-state index in [1.54, 1.807) is 6.07 Å². The van der Waals surface area contributed by atoms with Crippen LogP contribution in [0.5, 0.6) is 0 Å². The van der Waals surface area contributed by atoms with Crippen LogP contribution in [0.4, 0.5) is 13.2 Å². The molecule has 5 heteroatoms. The molecule has 1 aliphatic heterocycles. The van der Waals surface area contributed by atoms with E-state index >= 15 is 0 Å². The predicted molar refractivity (Wildman–Crippen MR) is 70.1 cm³/mol. The van der Waals surface area contributed by atoms with E-state index in [0.29, 0.717) is 12.8 Å². The van der Waals surface area contributed by atoms with E-state index in [-0.39, 0.29) is 23.8 Å². The van der Waals surface area contributed by atoms with Crippen molar-refractivity contribution >= 4 is 5.91 Å². The third-order valence-corrected chi connectivity index (χ3v) is 4.12. The Kier molecular flexibility index (Phi) is 3.80. The van der Waals surface area contributed by atoms with Crippen molar-refractivity contribution in [2.45, 2.75) is 44.8 Å². The highest BCUT2D eigenvalue weighted by Gasteiger charge is 2.42. The number of benzene rings is 1. The topological polar surface area (TPSA) is 29.1 Å². The molecule has 0 spiro atoms. The number of hydrogen-bond acceptors (Lipinski definition) is 1. The van der Waals surface area contributed by atoms with Crippen LogP contribution in [0, 0.1) is 5.92 Å². The number of nitrogens with one attached hydrogen (secondary N) is 1. The maximum atomic E-state index is 13.0. The molecule has 2 nitrogen and oxygen atoms in total. The second kappa shape index (κ2) is 5.11. The lowest BCUT2D eigenvalue weighted by molar-refractivity contribution is -0.138. The lowest BCUT2D eigenvalue weighted by Crippen LogP contribution is -2.48. The fraction of sp³-hybridized carbons (Fsp3) is 0.533. The van der Waals surface area contributed by atoms with Gasteiger partial charge in [-0.1, -0.05) is 32.0 Å². The van der Waals surface area contributed by atoms with Crippen LogP contribution in [0.25, 0.3) is 0 Å². The van der Waals surface area contributed by atoms with Crippen LogP contribution in [0.1, 0.15) is 37.8 Å². The molecule has 1 aromatic rings. The van der Waals surface area contributed by atoms with Gasteiger partial charge in [-0.25, -0.2) is 0 Å². The number of halogens is 3. The first-order valence-electron chi connectivity index (χ1n) is 6.71. The van der Waals surface area contributed by atoms with Gasteiger partial charge in [0.05, 0.1) is 5.56 Å². The van der Waals surface area contributed by atoms with E-state index in [2.05, 4.69) is 5.32 Å². The Bertz CT molecular complexity index is 510. The zero-order chi connectivity index (χ0) is 15.0. The first-order valence-corrected chi connectivity index (χ1v) is 6.71. The van der Waals surface area contributed by atoms with Crippen LogP contribution in [0.15, 0.2) is 24.3 Å². The third kappa shape index (κ3) is 2.81. The van der Waals surface area contributed by atoms with E-state index < -0.39 is 17.3 Å². The maximum Gasteiger partial charge on any atom is 0.416 e. The van der Waals surface area contributed by atoms with Crippen molar-refractivity contribution in [2.75, 3.05) is 0 Å². The van der Waals surface area contributed by atoms with Crippen molar-refractivity contribution in [3.8, 4) is 0 Å². The van der Waals surface area contributed by atoms with Gasteiger partial charge in [-0.3, -0.25) is 4.79 Å². The molecule has 1 fully saturated rings. The molecule has 1 N–H and O–H groups in total. The zero-order valence-electron chi connectivity index (χ0n) is 11.6. The summed E-state index contributed by atoms with van der Waals surface area (Å²) in [6.07, 6.45) is -3.19. The SMILES string of the molecule is CC(C)C1(Cc2ccccc2C(F)(F)F)CCC(=O)N1. The normalized spacial score (nSPS) is 23.2. The van der Waals surface area contributed by atoms with Crippen LogP contribution in [-0.4, -0.2) is 11.4 Å². The second-order valence-electron chi connectivity index (χ2n) is 5.69. The number of carbonyl (C=O) groups excluding carboxylic acids is 1. The standard InChI is InChI=1S/C15H18F3NO/c1-10(2)14(8-7-13(20)19-14)9-11-5-3-4-6-12(11)15(16,17)18/h3-6,10H,7-9H2,1-2H3,(H,19,20). The Morgan fingerprint density at radius 1 is 1.30 bits per heavy atom. The Morgan fingerprint density at radius 3 is 2.45 bits per heavy atom. The number of hydrogen-bond donors (Lipinski definition) is 1. The molecule has 1 aromatic carbocycles. The van der Waals surface area contributed by atoms with Crippen LogP contribution < -0.4 is 5.32 Å². The van der Waals surface area contributed by atoms with E-state index in [4.69, 9.17) is 0 Å². The minimum atomic E-state index is -4.36. The molecule has 0 bridgehead atoms. The van der Waals surface area contributed by atoms with Gasteiger partial charge in [0.15, 0.2) is 0 Å². The lowest BCUT2D eigenvalue weighted by Gasteiger charge is -2.34. The summed E-state index contributed by atoms with van der Waals surface area (Å²) in [7, 11) is 0. The van der Waals surface area contributed by atoms with Gasteiger partial charge in [0.2, 0.25) is 5.91 Å². The average Bonchev–Trinajstić information content (AvgIpc) is 2.71. The molecule has 20 heavy (non-hydrogen) atoms. The highest BCUT2D eigenvalue weighted by molar-refractivity contribution is 5.79. The van der Waals surface area contributed by atoms with Crippen molar-refractivity contribution in [3.63, 3.8) is 0 Å². The zero-order valence-corrected chi connectivity index (χ0v) is 11.6. The minimum absolute atomic E-state index is 0.0789. The highest BCUT2D eigenvalue weighted by Crippen LogP contribution is 2.37. The van der Waals surface area contributed by atoms with Gasteiger partial charge >= 0.3 is 6.18 Å². The van der Waals surface area contributed by atoms with Gasteiger partial charge in [0.1, 0.15) is 0 Å². The molecular weight excluding hydrogens is 267 g/mol. The van der Waals surface area contributed by atoms with Gasteiger partial charge < -0.3 is 5.32 Å². The molecule has 0 aliphatic carbocycles. The largest absolute Gasteiger partial charge is 0.416 e. The molecular formula is C15H18F3NO. The predicted octanol–water partition coefficient (Wildman–Crippen LogP) is 3.55. The summed E-state index contributed by atoms with van der Waals surface area (Å²) in [5, 5.41) is 2.89. The molecule has 2 rings (SSSR count). The van der Waals surface area contributed by atoms with Gasteiger partial charge in [0, 0.05) is 12.0 Å². The van der Waals surface area contributed by atoms with E-state index in [9.17, 15) is 18.0 Å². The smallest absolute Gasteiger partial charge is 0.350 e. The summed E-state index contributed by atoms with van der Waals surface area (Å²) >= 11 is 0. The van der Waals surface area contributed by atoms with E-state index in [0.717, 1.165) is 6.07 Å². The number of alkyl halides is 3. The lowest BCUT2D eigenvalue weighted by atomic mass is 9.79. The van der Waals surface area contributed by atoms with Gasteiger partial charge in [-0.2, -0.15) is 13.2 Å². The van der Waals surface area contributed by atoms with Crippen molar-refractivity contribution in [2.24, 2.45) is 5.92 Å². The number of rotatable bonds is 3. The summed E-state index contributed by atoms with van der Waals surface area (Å²) in [4.78, 5) is 11.5. The third-order valence-electron chi connectivity index (χ3n) is 4.12. The Balaban J connectivity index is 2.36. The molecule has 0 aromatic heterocycles. The maximum absolute atomic E-state index is 13.0. The van der Waals surface area contributed by atoms with Crippen molar-refractivity contribution in [1.82, 2.24) is 5.32 Å². The van der Waals surface area contributed by atoms with Gasteiger partial charge in [-0.05, 0) is 30.4 Å². The monoisotopic (exact) mass is 285 g/mol. The average molecular weight is 285 g/mol. The van der Waals surface area contributed by atoms with Crippen molar-refractivity contribution in [1.29, 1.82) is 0 Å². The summed E-state index contributed by atoms with van der Waals surface area (Å²) in [5.41, 5.74) is -0.935. The second-order valence-corrected chi connectivity index (χ2v) is 5.69. The van der Waals surface area contributed by atoms with Crippen LogP contribution in [-0.2, 0) is 17.4 Å². The number of carbonyl (C=O) groups is 1. The first kappa shape index (κ1) is 14.9. The van der Waals surface area contributed by atoms with Crippen LogP contribution in [0.2, 0.25) is 0 Å². The minimum Gasteiger partial charge on any atom is -0.350 e. The van der Waals surface area contributed by atoms with E-state index in [1.165, 1.54) is 12.1 Å². The fourth-order valence-corrected chi connectivity index (χ4v) is 2.80. The van der Waals surface area contributed by atoms with Crippen molar-refractivity contribution < 1.29 is 18.0 Å². The van der Waals surface area contributed by atoms with Crippen LogP contribution >= 0.6 is 0 Å². The highest BCUT2D eigenvalue weighted by atomic mass is 19.4. The molecule has 1 aliphatic rings. The fourth-order valence-electron chi connectivity index (χ4n) is 2.80. The summed E-state index contributed by atoms with van der Waals surface area (Å²) in [6.45, 7) is 3.86. The quantitative estimate of drug-likeness (QED) is 0.904. The van der Waals surface area contributed by atoms with Crippen LogP contribution in [0.3, 0.4) is 0 Å². The first-order chi connectivity index (χ1) is 9.24. The molecule has 0 saturated carbocycles. The Labute approximate surface area is 116 Å². The Morgan fingerprint density at radius 2 is 1.95 bits per heavy atom. The van der Waals surface area contributed by atoms with E-state index in [1.807, 2.05) is 13.8 Å². The summed E-state index contributed by atoms with van der Waals surface area (Å²) in [5.74, 6) is -0.00145. The van der Waals surface area contributed by atoms with Gasteiger partial charge in [0.25, 0.3) is 0 Å². The molecule has 1 heterocycles.